The van der Waals surface area contributed by atoms with Crippen LogP contribution in [0.3, 0.4) is 0 Å². The summed E-state index contributed by atoms with van der Waals surface area (Å²) in [5.74, 6) is -0.0511. The molecule has 174 valence electrons. The quantitative estimate of drug-likeness (QED) is 0.0843. The lowest BCUT2D eigenvalue weighted by atomic mass is 9.76. The third kappa shape index (κ3) is 5.48. The predicted octanol–water partition coefficient (Wildman–Crippen LogP) is 7.02. The normalized spacial score (nSPS) is 24.3. The molecule has 0 amide bonds. The molecule has 0 saturated carbocycles. The van der Waals surface area contributed by atoms with Crippen molar-refractivity contribution in [2.24, 2.45) is 11.0 Å². The third-order valence-electron chi connectivity index (χ3n) is 7.13. The number of carbonyl (C=O) groups is 1. The first kappa shape index (κ1) is 24.3. The van der Waals surface area contributed by atoms with E-state index in [4.69, 9.17) is 21.9 Å². The molecule has 2 aliphatic heterocycles. The fraction of sp³-hybridized carbons (Fsp3) is 0.480. The third-order valence-corrected chi connectivity index (χ3v) is 8.25. The van der Waals surface area contributed by atoms with E-state index in [9.17, 15) is 4.79 Å². The van der Waals surface area contributed by atoms with Gasteiger partial charge in [0.05, 0.1) is 18.7 Å². The molecular formula is C25H28ClIN4O2. The van der Waals surface area contributed by atoms with Gasteiger partial charge in [0.2, 0.25) is 0 Å². The Morgan fingerprint density at radius 3 is 2.73 bits per heavy atom. The summed E-state index contributed by atoms with van der Waals surface area (Å²) in [6, 6.07) is 14.7. The standard InChI is InChI=1S/C25H28ClIN4O2/c1-33-25(32)24-20(17-6-8-18(26)9-7-17)15-19-10-12-23(24)31(19)13-3-2-4-16-5-11-22(29-30-28)21(27)14-16/h5-9,11,14,19-20,23-24H,2-4,10,12-13,15H2,1H3/t19?,20-,23?,24+/m1/s1. The van der Waals surface area contributed by atoms with Gasteiger partial charge in [-0.2, -0.15) is 0 Å². The van der Waals surface area contributed by atoms with Crippen LogP contribution in [-0.2, 0) is 16.0 Å². The van der Waals surface area contributed by atoms with Crippen LogP contribution in [0.4, 0.5) is 5.69 Å². The van der Waals surface area contributed by atoms with E-state index in [-0.39, 0.29) is 23.8 Å². The van der Waals surface area contributed by atoms with Gasteiger partial charge in [-0.25, -0.2) is 0 Å². The van der Waals surface area contributed by atoms with Gasteiger partial charge in [-0.15, -0.1) is 0 Å². The summed E-state index contributed by atoms with van der Waals surface area (Å²) in [6.45, 7) is 1.00. The maximum Gasteiger partial charge on any atom is 0.310 e. The van der Waals surface area contributed by atoms with Gasteiger partial charge in [0.1, 0.15) is 0 Å². The molecule has 8 heteroatoms. The van der Waals surface area contributed by atoms with Crippen LogP contribution >= 0.6 is 34.2 Å². The van der Waals surface area contributed by atoms with Crippen LogP contribution in [0.1, 0.15) is 49.1 Å². The van der Waals surface area contributed by atoms with Gasteiger partial charge in [-0.3, -0.25) is 9.69 Å². The minimum atomic E-state index is -0.135. The number of carbonyl (C=O) groups excluding carboxylic acids is 1. The lowest BCUT2D eigenvalue weighted by molar-refractivity contribution is -0.150. The number of methoxy groups -OCH3 is 1. The highest BCUT2D eigenvalue weighted by molar-refractivity contribution is 14.1. The summed E-state index contributed by atoms with van der Waals surface area (Å²) in [5, 5.41) is 4.43. The molecule has 2 aromatic carbocycles. The summed E-state index contributed by atoms with van der Waals surface area (Å²) in [5.41, 5.74) is 11.8. The van der Waals surface area contributed by atoms with E-state index < -0.39 is 0 Å². The zero-order valence-corrected chi connectivity index (χ0v) is 21.6. The van der Waals surface area contributed by atoms with Crippen LogP contribution in [0, 0.1) is 9.49 Å². The smallest absolute Gasteiger partial charge is 0.310 e. The molecule has 2 bridgehead atoms. The van der Waals surface area contributed by atoms with E-state index in [1.165, 1.54) is 18.2 Å². The monoisotopic (exact) mass is 578 g/mol. The number of rotatable bonds is 8. The average Bonchev–Trinajstić information content (AvgIpc) is 3.09. The van der Waals surface area contributed by atoms with Gasteiger partial charge in [-0.1, -0.05) is 41.0 Å². The van der Waals surface area contributed by atoms with Crippen molar-refractivity contribution in [1.82, 2.24) is 4.90 Å². The highest BCUT2D eigenvalue weighted by Gasteiger charge is 2.50. The fourth-order valence-corrected chi connectivity index (χ4v) is 6.44. The van der Waals surface area contributed by atoms with Crippen LogP contribution in [0.5, 0.6) is 0 Å². The van der Waals surface area contributed by atoms with E-state index >= 15 is 0 Å². The Labute approximate surface area is 213 Å². The molecule has 33 heavy (non-hydrogen) atoms. The van der Waals surface area contributed by atoms with Gasteiger partial charge in [-0.05, 0) is 103 Å². The van der Waals surface area contributed by atoms with Crippen LogP contribution in [0.2, 0.25) is 5.02 Å². The lowest BCUT2D eigenvalue weighted by Gasteiger charge is -2.43. The van der Waals surface area contributed by atoms with Crippen molar-refractivity contribution in [3.8, 4) is 0 Å². The van der Waals surface area contributed by atoms with Gasteiger partial charge in [0, 0.05) is 31.5 Å². The number of nitrogens with zero attached hydrogens (tertiary/aromatic N) is 4. The molecule has 2 saturated heterocycles. The minimum Gasteiger partial charge on any atom is -0.469 e. The van der Waals surface area contributed by atoms with Crippen molar-refractivity contribution >= 4 is 45.8 Å². The number of benzene rings is 2. The van der Waals surface area contributed by atoms with Crippen molar-refractivity contribution in [3.63, 3.8) is 0 Å². The number of unbranched alkanes of at least 4 members (excludes halogenated alkanes) is 1. The molecule has 4 atom stereocenters. The summed E-state index contributed by atoms with van der Waals surface area (Å²) in [7, 11) is 1.50. The predicted molar refractivity (Wildman–Crippen MR) is 139 cm³/mol. The Morgan fingerprint density at radius 1 is 1.24 bits per heavy atom. The molecule has 4 rings (SSSR count). The molecule has 0 N–H and O–H groups in total. The molecule has 0 spiro atoms. The number of aryl methyl sites for hydroxylation is 1. The van der Waals surface area contributed by atoms with E-state index in [1.54, 1.807) is 0 Å². The summed E-state index contributed by atoms with van der Waals surface area (Å²) in [4.78, 5) is 18.3. The van der Waals surface area contributed by atoms with Crippen molar-refractivity contribution in [1.29, 1.82) is 0 Å². The molecule has 2 aliphatic rings. The SMILES string of the molecule is COC(=O)[C@@H]1C2CCC(C[C@@H]1c1ccc(Cl)cc1)N2CCCCc1ccc(N=[N+]=[N-])c(I)c1. The molecule has 0 radical (unpaired) electrons. The Hall–Kier alpha value is -1.80. The second-order valence-electron chi connectivity index (χ2n) is 8.91. The van der Waals surface area contributed by atoms with Crippen molar-refractivity contribution in [2.45, 2.75) is 56.5 Å². The number of hydrogen-bond donors (Lipinski definition) is 0. The van der Waals surface area contributed by atoms with Gasteiger partial charge >= 0.3 is 5.97 Å². The second kappa shape index (κ2) is 11.1. The highest BCUT2D eigenvalue weighted by atomic mass is 127. The maximum atomic E-state index is 12.9. The largest absolute Gasteiger partial charge is 0.469 e. The first-order chi connectivity index (χ1) is 16.0. The zero-order chi connectivity index (χ0) is 23.4. The highest BCUT2D eigenvalue weighted by Crippen LogP contribution is 2.47. The molecule has 6 nitrogen and oxygen atoms in total. The molecule has 2 fully saturated rings. The Morgan fingerprint density at radius 2 is 2.03 bits per heavy atom. The summed E-state index contributed by atoms with van der Waals surface area (Å²) < 4.78 is 6.24. The van der Waals surface area contributed by atoms with Crippen molar-refractivity contribution in [3.05, 3.63) is 72.6 Å². The number of halogens is 2. The van der Waals surface area contributed by atoms with Crippen LogP contribution in [-0.4, -0.2) is 36.6 Å². The number of piperidine rings is 1. The zero-order valence-electron chi connectivity index (χ0n) is 18.7. The first-order valence-electron chi connectivity index (χ1n) is 11.4. The summed E-state index contributed by atoms with van der Waals surface area (Å²) in [6.07, 6.45) is 6.33. The van der Waals surface area contributed by atoms with Crippen LogP contribution in [0.25, 0.3) is 10.4 Å². The van der Waals surface area contributed by atoms with E-state index in [2.05, 4.69) is 55.7 Å². The average molecular weight is 579 g/mol. The number of fused-ring (bicyclic) bond motifs is 2. The van der Waals surface area contributed by atoms with Gasteiger partial charge in [0.25, 0.3) is 0 Å². The van der Waals surface area contributed by atoms with Gasteiger partial charge in [0.15, 0.2) is 0 Å². The molecule has 2 unspecified atom stereocenters. The van der Waals surface area contributed by atoms with E-state index in [0.29, 0.717) is 11.7 Å². The maximum absolute atomic E-state index is 12.9. The molecule has 0 aliphatic carbocycles. The molecule has 2 aromatic rings. The first-order valence-corrected chi connectivity index (χ1v) is 12.9. The summed E-state index contributed by atoms with van der Waals surface area (Å²) >= 11 is 8.31. The fourth-order valence-electron chi connectivity index (χ4n) is 5.63. The molecular weight excluding hydrogens is 551 g/mol. The Balaban J connectivity index is 1.39. The number of esters is 1. The minimum absolute atomic E-state index is 0.0972. The van der Waals surface area contributed by atoms with Crippen molar-refractivity contribution in [2.75, 3.05) is 13.7 Å². The topological polar surface area (TPSA) is 78.3 Å². The molecule has 2 heterocycles. The van der Waals surface area contributed by atoms with Gasteiger partial charge < -0.3 is 4.74 Å². The van der Waals surface area contributed by atoms with Crippen LogP contribution in [0.15, 0.2) is 47.6 Å². The number of ether oxygens (including phenoxy) is 1. The second-order valence-corrected chi connectivity index (χ2v) is 10.5. The van der Waals surface area contributed by atoms with Crippen LogP contribution < -0.4 is 0 Å². The molecule has 0 aromatic heterocycles. The Kier molecular flexibility index (Phi) is 8.17. The van der Waals surface area contributed by atoms with E-state index in [0.717, 1.165) is 53.7 Å². The number of azide groups is 1. The van der Waals surface area contributed by atoms with E-state index in [1.807, 2.05) is 24.3 Å². The lowest BCUT2D eigenvalue weighted by Crippen LogP contribution is -2.51. The van der Waals surface area contributed by atoms with Crippen molar-refractivity contribution < 1.29 is 9.53 Å². The Bertz CT molecular complexity index is 1040. The number of hydrogen-bond acceptors (Lipinski definition) is 4.